The van der Waals surface area contributed by atoms with Gasteiger partial charge in [0.15, 0.2) is 0 Å². The average Bonchev–Trinajstić information content (AvgIpc) is 2.80. The summed E-state index contributed by atoms with van der Waals surface area (Å²) in [6.07, 6.45) is 1.44. The molecule has 0 bridgehead atoms. The number of methoxy groups -OCH3 is 1. The number of nitro benzene ring substituents is 1. The van der Waals surface area contributed by atoms with Crippen molar-refractivity contribution in [2.24, 2.45) is 0 Å². The molecule has 34 heavy (non-hydrogen) atoms. The maximum atomic E-state index is 13.1. The van der Waals surface area contributed by atoms with Crippen molar-refractivity contribution in [3.63, 3.8) is 0 Å². The zero-order chi connectivity index (χ0) is 24.8. The molecule has 2 amide bonds. The molecule has 0 saturated heterocycles. The highest BCUT2D eigenvalue weighted by Gasteiger charge is 2.17. The van der Waals surface area contributed by atoms with Crippen LogP contribution in [0.3, 0.4) is 0 Å². The Hall–Kier alpha value is -3.50. The number of nitro groups is 1. The van der Waals surface area contributed by atoms with Crippen LogP contribution in [0.4, 0.5) is 11.4 Å². The zero-order valence-corrected chi connectivity index (χ0v) is 21.3. The lowest BCUT2D eigenvalue weighted by atomic mass is 10.1. The fraction of sp³-hybridized carbons (Fsp3) is 0.0833. The number of anilines is 1. The van der Waals surface area contributed by atoms with Crippen LogP contribution < -0.4 is 15.4 Å². The van der Waals surface area contributed by atoms with E-state index < -0.39 is 16.7 Å². The van der Waals surface area contributed by atoms with Crippen molar-refractivity contribution in [3.8, 4) is 5.75 Å². The lowest BCUT2D eigenvalue weighted by Gasteiger charge is -2.13. The second kappa shape index (κ2) is 11.1. The quantitative estimate of drug-likeness (QED) is 0.204. The zero-order valence-electron chi connectivity index (χ0n) is 18.1. The number of rotatable bonds is 7. The summed E-state index contributed by atoms with van der Waals surface area (Å²) >= 11 is 6.76. The summed E-state index contributed by atoms with van der Waals surface area (Å²) in [5.74, 6) is -0.529. The molecule has 174 valence electrons. The molecule has 3 rings (SSSR count). The predicted octanol–water partition coefficient (Wildman–Crippen LogP) is 5.85. The van der Waals surface area contributed by atoms with Crippen molar-refractivity contribution in [2.45, 2.75) is 6.92 Å². The molecule has 10 heteroatoms. The number of nitrogens with one attached hydrogen (secondary N) is 2. The van der Waals surface area contributed by atoms with Crippen molar-refractivity contribution in [3.05, 3.63) is 102 Å². The smallest absolute Gasteiger partial charge is 0.272 e. The second-order valence-corrected chi connectivity index (χ2v) is 8.86. The third-order valence-electron chi connectivity index (χ3n) is 4.69. The molecular formula is C24H19Br2N3O5. The Bertz CT molecular complexity index is 1290. The van der Waals surface area contributed by atoms with Crippen LogP contribution in [0.15, 0.2) is 75.3 Å². The highest BCUT2D eigenvalue weighted by atomic mass is 79.9. The topological polar surface area (TPSA) is 111 Å². The number of nitrogens with zero attached hydrogens (tertiary/aromatic N) is 1. The SMILES string of the molecule is COc1ccc(C(=O)N/C(=C\c2ccc([N+](=O)[O-])cc2)C(=O)Nc2ccc(C)cc2Br)cc1Br. The van der Waals surface area contributed by atoms with Gasteiger partial charge in [-0.2, -0.15) is 0 Å². The van der Waals surface area contributed by atoms with E-state index in [1.54, 1.807) is 24.3 Å². The monoisotopic (exact) mass is 587 g/mol. The molecule has 0 fully saturated rings. The normalized spacial score (nSPS) is 11.0. The standard InChI is InChI=1S/C24H19Br2N3O5/c1-14-3-9-20(18(25)11-14)27-24(31)21(12-15-4-7-17(8-5-15)29(32)33)28-23(30)16-6-10-22(34-2)19(26)13-16/h3-13H,1-2H3,(H,27,31)(H,28,30)/b21-12-. The summed E-state index contributed by atoms with van der Waals surface area (Å²) in [5.41, 5.74) is 2.19. The predicted molar refractivity (Wildman–Crippen MR) is 137 cm³/mol. The molecule has 2 N–H and O–H groups in total. The molecule has 0 aromatic heterocycles. The number of carbonyl (C=O) groups excluding carboxylic acids is 2. The van der Waals surface area contributed by atoms with Crippen molar-refractivity contribution >= 4 is 61.1 Å². The highest BCUT2D eigenvalue weighted by molar-refractivity contribution is 9.11. The third kappa shape index (κ3) is 6.30. The van der Waals surface area contributed by atoms with Gasteiger partial charge in [0.05, 0.1) is 22.2 Å². The Morgan fingerprint density at radius 1 is 1.00 bits per heavy atom. The molecule has 0 spiro atoms. The molecular weight excluding hydrogens is 570 g/mol. The van der Waals surface area contributed by atoms with E-state index in [2.05, 4.69) is 42.5 Å². The number of aryl methyl sites for hydroxylation is 1. The van der Waals surface area contributed by atoms with E-state index in [0.29, 0.717) is 31.5 Å². The van der Waals surface area contributed by atoms with Crippen molar-refractivity contribution in [1.82, 2.24) is 5.32 Å². The van der Waals surface area contributed by atoms with Gasteiger partial charge in [0.1, 0.15) is 11.4 Å². The van der Waals surface area contributed by atoms with Crippen LogP contribution in [0.5, 0.6) is 5.75 Å². The van der Waals surface area contributed by atoms with E-state index in [9.17, 15) is 19.7 Å². The van der Waals surface area contributed by atoms with Crippen LogP contribution in [-0.2, 0) is 4.79 Å². The van der Waals surface area contributed by atoms with Crippen LogP contribution in [0.1, 0.15) is 21.5 Å². The van der Waals surface area contributed by atoms with Gasteiger partial charge < -0.3 is 15.4 Å². The van der Waals surface area contributed by atoms with Crippen LogP contribution in [0.2, 0.25) is 0 Å². The Morgan fingerprint density at radius 2 is 1.71 bits per heavy atom. The van der Waals surface area contributed by atoms with Gasteiger partial charge in [-0.05, 0) is 98.5 Å². The summed E-state index contributed by atoms with van der Waals surface area (Å²) in [4.78, 5) is 36.4. The number of benzene rings is 3. The molecule has 3 aromatic rings. The minimum Gasteiger partial charge on any atom is -0.496 e. The summed E-state index contributed by atoms with van der Waals surface area (Å²) in [7, 11) is 1.51. The largest absolute Gasteiger partial charge is 0.496 e. The fourth-order valence-corrected chi connectivity index (χ4v) is 4.06. The molecule has 0 atom stereocenters. The first kappa shape index (κ1) is 25.1. The maximum absolute atomic E-state index is 13.1. The molecule has 0 aliphatic rings. The number of ether oxygens (including phenoxy) is 1. The fourth-order valence-electron chi connectivity index (χ4n) is 2.93. The number of hydrogen-bond donors (Lipinski definition) is 2. The van der Waals surface area contributed by atoms with Gasteiger partial charge >= 0.3 is 0 Å². The van der Waals surface area contributed by atoms with E-state index in [1.165, 1.54) is 37.5 Å². The Balaban J connectivity index is 1.93. The molecule has 8 nitrogen and oxygen atoms in total. The maximum Gasteiger partial charge on any atom is 0.272 e. The number of amides is 2. The Kier molecular flexibility index (Phi) is 8.19. The van der Waals surface area contributed by atoms with Gasteiger partial charge in [-0.3, -0.25) is 19.7 Å². The van der Waals surface area contributed by atoms with Gasteiger partial charge in [0, 0.05) is 22.2 Å². The second-order valence-electron chi connectivity index (χ2n) is 7.15. The van der Waals surface area contributed by atoms with E-state index in [0.717, 1.165) is 5.56 Å². The van der Waals surface area contributed by atoms with Crippen molar-refractivity contribution in [2.75, 3.05) is 12.4 Å². The lowest BCUT2D eigenvalue weighted by Crippen LogP contribution is -2.30. The van der Waals surface area contributed by atoms with Crippen LogP contribution in [0.25, 0.3) is 6.08 Å². The molecule has 0 unspecified atom stereocenters. The van der Waals surface area contributed by atoms with Gasteiger partial charge in [-0.1, -0.05) is 6.07 Å². The van der Waals surface area contributed by atoms with E-state index in [4.69, 9.17) is 4.74 Å². The molecule has 0 aliphatic carbocycles. The molecule has 3 aromatic carbocycles. The first-order chi connectivity index (χ1) is 16.2. The molecule has 0 aliphatic heterocycles. The first-order valence-corrected chi connectivity index (χ1v) is 11.4. The van der Waals surface area contributed by atoms with Crippen molar-refractivity contribution in [1.29, 1.82) is 0 Å². The summed E-state index contributed by atoms with van der Waals surface area (Å²) in [5, 5.41) is 16.3. The third-order valence-corrected chi connectivity index (χ3v) is 5.97. The van der Waals surface area contributed by atoms with Crippen LogP contribution in [-0.4, -0.2) is 23.8 Å². The van der Waals surface area contributed by atoms with Crippen LogP contribution in [0, 0.1) is 17.0 Å². The van der Waals surface area contributed by atoms with Gasteiger partial charge in [0.2, 0.25) is 0 Å². The van der Waals surface area contributed by atoms with Gasteiger partial charge in [-0.25, -0.2) is 0 Å². The Labute approximate surface area is 212 Å². The van der Waals surface area contributed by atoms with Gasteiger partial charge in [-0.15, -0.1) is 0 Å². The number of non-ortho nitro benzene ring substituents is 1. The van der Waals surface area contributed by atoms with Crippen LogP contribution >= 0.6 is 31.9 Å². The lowest BCUT2D eigenvalue weighted by molar-refractivity contribution is -0.384. The Morgan fingerprint density at radius 3 is 2.29 bits per heavy atom. The highest BCUT2D eigenvalue weighted by Crippen LogP contribution is 2.26. The average molecular weight is 589 g/mol. The summed E-state index contributed by atoms with van der Waals surface area (Å²) < 4.78 is 6.45. The molecule has 0 heterocycles. The van der Waals surface area contributed by atoms with E-state index >= 15 is 0 Å². The minimum atomic E-state index is -0.566. The summed E-state index contributed by atoms with van der Waals surface area (Å²) in [6, 6.07) is 15.8. The first-order valence-electron chi connectivity index (χ1n) is 9.86. The van der Waals surface area contributed by atoms with Gasteiger partial charge in [0.25, 0.3) is 17.5 Å². The molecule has 0 saturated carbocycles. The molecule has 0 radical (unpaired) electrons. The van der Waals surface area contributed by atoms with E-state index in [-0.39, 0.29) is 11.4 Å². The van der Waals surface area contributed by atoms with E-state index in [1.807, 2.05) is 19.1 Å². The minimum absolute atomic E-state index is 0.0433. The summed E-state index contributed by atoms with van der Waals surface area (Å²) in [6.45, 7) is 1.92. The number of hydrogen-bond acceptors (Lipinski definition) is 5. The number of halogens is 2. The van der Waals surface area contributed by atoms with Crippen molar-refractivity contribution < 1.29 is 19.2 Å². The number of carbonyl (C=O) groups is 2.